The molecule has 5 aromatic carbocycles. The molecule has 0 fully saturated rings. The number of benzene rings is 5. The average molecular weight is 592 g/mol. The van der Waals surface area contributed by atoms with Gasteiger partial charge in [-0.05, 0) is 54.3 Å². The first-order valence-corrected chi connectivity index (χ1v) is 15.3. The molecule has 0 aliphatic rings. The molecule has 218 valence electrons. The molecule has 5 nitrogen and oxygen atoms in total. The Morgan fingerprint density at radius 3 is 1.57 bits per heavy atom. The van der Waals surface area contributed by atoms with Crippen molar-refractivity contribution in [1.29, 1.82) is 0 Å². The van der Waals surface area contributed by atoms with E-state index >= 15 is 0 Å². The van der Waals surface area contributed by atoms with Gasteiger partial charge in [-0.1, -0.05) is 121 Å². The summed E-state index contributed by atoms with van der Waals surface area (Å²) in [4.78, 5) is 24.4. The second-order valence-corrected chi connectivity index (χ2v) is 11.5. The van der Waals surface area contributed by atoms with Crippen molar-refractivity contribution >= 4 is 21.8 Å². The molecule has 8 aromatic rings. The van der Waals surface area contributed by atoms with Crippen LogP contribution in [0.25, 0.3) is 78.2 Å². The molecule has 0 amide bonds. The van der Waals surface area contributed by atoms with E-state index in [1.54, 1.807) is 0 Å². The van der Waals surface area contributed by atoms with E-state index < -0.39 is 0 Å². The van der Waals surface area contributed by atoms with Crippen molar-refractivity contribution < 1.29 is 0 Å². The van der Waals surface area contributed by atoms with Crippen molar-refractivity contribution in [3.8, 4) is 56.4 Å². The summed E-state index contributed by atoms with van der Waals surface area (Å²) >= 11 is 0. The summed E-state index contributed by atoms with van der Waals surface area (Å²) in [6.07, 6.45) is 0. The van der Waals surface area contributed by atoms with Gasteiger partial charge < -0.3 is 0 Å². The minimum atomic E-state index is 0.640. The molecule has 3 aromatic heterocycles. The molecule has 3 heterocycles. The van der Waals surface area contributed by atoms with Gasteiger partial charge in [-0.15, -0.1) is 0 Å². The van der Waals surface area contributed by atoms with E-state index in [1.165, 1.54) is 0 Å². The van der Waals surface area contributed by atoms with E-state index in [0.29, 0.717) is 17.5 Å². The zero-order valence-electron chi connectivity index (χ0n) is 25.5. The number of hydrogen-bond donors (Lipinski definition) is 0. The fourth-order valence-electron chi connectivity index (χ4n) is 5.95. The smallest absolute Gasteiger partial charge is 0.164 e. The molecule has 0 radical (unpaired) electrons. The van der Waals surface area contributed by atoms with Gasteiger partial charge in [-0.2, -0.15) is 0 Å². The maximum Gasteiger partial charge on any atom is 0.164 e. The first-order chi connectivity index (χ1) is 22.6. The van der Waals surface area contributed by atoms with Gasteiger partial charge in [0.1, 0.15) is 0 Å². The third kappa shape index (κ3) is 5.18. The lowest BCUT2D eigenvalue weighted by Crippen LogP contribution is -2.00. The molecule has 0 N–H and O–H groups in total. The Morgan fingerprint density at radius 2 is 0.891 bits per heavy atom. The maximum absolute atomic E-state index is 4.92. The van der Waals surface area contributed by atoms with Crippen LogP contribution in [-0.4, -0.2) is 24.9 Å². The summed E-state index contributed by atoms with van der Waals surface area (Å²) in [5, 5.41) is 2.20. The molecule has 0 atom stereocenters. The molecule has 0 unspecified atom stereocenters. The van der Waals surface area contributed by atoms with E-state index in [0.717, 1.165) is 72.1 Å². The molecule has 8 rings (SSSR count). The summed E-state index contributed by atoms with van der Waals surface area (Å²) < 4.78 is 0. The average Bonchev–Trinajstić information content (AvgIpc) is 3.12. The minimum absolute atomic E-state index is 0.640. The Bertz CT molecular complexity index is 2310. The van der Waals surface area contributed by atoms with Gasteiger partial charge in [0.15, 0.2) is 17.5 Å². The van der Waals surface area contributed by atoms with Crippen molar-refractivity contribution in [3.63, 3.8) is 0 Å². The highest BCUT2D eigenvalue weighted by atomic mass is 15.0. The first kappa shape index (κ1) is 27.5. The molecule has 0 aliphatic heterocycles. The summed E-state index contributed by atoms with van der Waals surface area (Å²) in [6, 6.07) is 47.9. The van der Waals surface area contributed by atoms with E-state index in [9.17, 15) is 0 Å². The van der Waals surface area contributed by atoms with Crippen LogP contribution in [0.2, 0.25) is 0 Å². The Morgan fingerprint density at radius 1 is 0.348 bits per heavy atom. The fraction of sp³-hybridized carbons (Fsp3) is 0.0488. The second kappa shape index (κ2) is 11.5. The monoisotopic (exact) mass is 591 g/mol. The summed E-state index contributed by atoms with van der Waals surface area (Å²) in [5.74, 6) is 1.94. The second-order valence-electron chi connectivity index (χ2n) is 11.5. The van der Waals surface area contributed by atoms with E-state index in [-0.39, 0.29) is 0 Å². The third-order valence-corrected chi connectivity index (χ3v) is 8.26. The lowest BCUT2D eigenvalue weighted by atomic mass is 9.96. The highest BCUT2D eigenvalue weighted by Gasteiger charge is 2.14. The topological polar surface area (TPSA) is 64.5 Å². The molecule has 0 spiro atoms. The van der Waals surface area contributed by atoms with Crippen LogP contribution in [0.3, 0.4) is 0 Å². The Balaban J connectivity index is 1.18. The van der Waals surface area contributed by atoms with Gasteiger partial charge in [-0.3, -0.25) is 9.97 Å². The molecular weight excluding hydrogens is 562 g/mol. The van der Waals surface area contributed by atoms with Crippen molar-refractivity contribution in [2.75, 3.05) is 0 Å². The lowest BCUT2D eigenvalue weighted by molar-refractivity contribution is 1.07. The fourth-order valence-corrected chi connectivity index (χ4v) is 5.95. The van der Waals surface area contributed by atoms with Gasteiger partial charge >= 0.3 is 0 Å². The molecule has 0 saturated heterocycles. The Hall–Kier alpha value is -6.07. The predicted molar refractivity (Wildman–Crippen MR) is 187 cm³/mol. The highest BCUT2D eigenvalue weighted by Crippen LogP contribution is 2.34. The normalized spacial score (nSPS) is 11.3. The minimum Gasteiger partial charge on any atom is -0.251 e. The molecule has 46 heavy (non-hydrogen) atoms. The Kier molecular flexibility index (Phi) is 6.84. The van der Waals surface area contributed by atoms with Crippen molar-refractivity contribution in [2.45, 2.75) is 13.8 Å². The number of fused-ring (bicyclic) bond motifs is 3. The number of aryl methyl sites for hydroxylation is 2. The largest absolute Gasteiger partial charge is 0.251 e. The summed E-state index contributed by atoms with van der Waals surface area (Å²) in [7, 11) is 0. The van der Waals surface area contributed by atoms with E-state index in [1.807, 2.05) is 80.6 Å². The van der Waals surface area contributed by atoms with Gasteiger partial charge in [0.25, 0.3) is 0 Å². The Labute approximate surface area is 267 Å². The maximum atomic E-state index is 4.92. The molecule has 5 heteroatoms. The van der Waals surface area contributed by atoms with Gasteiger partial charge in [0, 0.05) is 38.9 Å². The number of rotatable bonds is 5. The van der Waals surface area contributed by atoms with Crippen LogP contribution >= 0.6 is 0 Å². The zero-order chi connectivity index (χ0) is 31.0. The predicted octanol–water partition coefficient (Wildman–Crippen LogP) is 9.92. The summed E-state index contributed by atoms with van der Waals surface area (Å²) in [5.41, 5.74) is 11.2. The van der Waals surface area contributed by atoms with E-state index in [4.69, 9.17) is 24.9 Å². The third-order valence-electron chi connectivity index (χ3n) is 8.26. The molecule has 0 saturated carbocycles. The van der Waals surface area contributed by atoms with Crippen LogP contribution in [0, 0.1) is 13.8 Å². The van der Waals surface area contributed by atoms with Gasteiger partial charge in [0.05, 0.1) is 11.0 Å². The van der Waals surface area contributed by atoms with E-state index in [2.05, 4.69) is 72.8 Å². The van der Waals surface area contributed by atoms with Crippen LogP contribution in [0.5, 0.6) is 0 Å². The van der Waals surface area contributed by atoms with Crippen LogP contribution in [0.15, 0.2) is 140 Å². The number of pyridine rings is 2. The quantitative estimate of drug-likeness (QED) is 0.186. The molecule has 0 bridgehead atoms. The standard InChI is InChI=1S/C41H29N5/c1-26-16-17-30-22-23-35-36(24-27(2)43-38(35)37(30)42-26)29-20-18-28(19-21-29)33-14-9-15-34(25-33)41-45-39(31-10-5-3-6-11-31)44-40(46-41)32-12-7-4-8-13-32/h3-25H,1-2H3. The van der Waals surface area contributed by atoms with Crippen LogP contribution in [-0.2, 0) is 0 Å². The lowest BCUT2D eigenvalue weighted by Gasteiger charge is -2.12. The molecular formula is C41H29N5. The zero-order valence-corrected chi connectivity index (χ0v) is 25.5. The highest BCUT2D eigenvalue weighted by molar-refractivity contribution is 6.08. The number of nitrogens with zero attached hydrogens (tertiary/aromatic N) is 5. The van der Waals surface area contributed by atoms with Crippen LogP contribution in [0.4, 0.5) is 0 Å². The summed E-state index contributed by atoms with van der Waals surface area (Å²) in [6.45, 7) is 4.07. The first-order valence-electron chi connectivity index (χ1n) is 15.3. The van der Waals surface area contributed by atoms with Crippen LogP contribution in [0.1, 0.15) is 11.4 Å². The van der Waals surface area contributed by atoms with Gasteiger partial charge in [0.2, 0.25) is 0 Å². The van der Waals surface area contributed by atoms with Gasteiger partial charge in [-0.25, -0.2) is 15.0 Å². The van der Waals surface area contributed by atoms with Crippen molar-refractivity contribution in [3.05, 3.63) is 151 Å². The number of hydrogen-bond acceptors (Lipinski definition) is 5. The van der Waals surface area contributed by atoms with Crippen molar-refractivity contribution in [2.24, 2.45) is 0 Å². The van der Waals surface area contributed by atoms with Crippen molar-refractivity contribution in [1.82, 2.24) is 24.9 Å². The number of aromatic nitrogens is 5. The molecule has 0 aliphatic carbocycles. The SMILES string of the molecule is Cc1ccc2ccc3c(-c4ccc(-c5cccc(-c6nc(-c7ccccc7)nc(-c7ccccc7)n6)c5)cc4)cc(C)nc3c2n1. The van der Waals surface area contributed by atoms with Crippen LogP contribution < -0.4 is 0 Å².